The minimum Gasteiger partial charge on any atom is -0.354 e. The summed E-state index contributed by atoms with van der Waals surface area (Å²) in [7, 11) is -4.31. The molecule has 1 atom stereocenters. The van der Waals surface area contributed by atoms with E-state index in [-0.39, 0.29) is 27.5 Å². The van der Waals surface area contributed by atoms with Crippen molar-refractivity contribution in [2.45, 2.75) is 39.5 Å². The second-order valence-corrected chi connectivity index (χ2v) is 12.1. The van der Waals surface area contributed by atoms with E-state index >= 15 is 0 Å². The van der Waals surface area contributed by atoms with Gasteiger partial charge in [0.2, 0.25) is 21.8 Å². The number of alkyl halides is 3. The number of anilines is 1. The highest BCUT2D eigenvalue weighted by atomic mass is 35.5. The van der Waals surface area contributed by atoms with Crippen molar-refractivity contribution in [2.24, 2.45) is 5.92 Å². The van der Waals surface area contributed by atoms with Crippen molar-refractivity contribution in [1.29, 1.82) is 0 Å². The lowest BCUT2D eigenvalue weighted by atomic mass is 10.1. The summed E-state index contributed by atoms with van der Waals surface area (Å²) in [5.74, 6) is -1.32. The Labute approximate surface area is 234 Å². The molecule has 2 aromatic carbocycles. The highest BCUT2D eigenvalue weighted by Crippen LogP contribution is 2.36. The molecule has 2 rings (SSSR count). The van der Waals surface area contributed by atoms with Crippen molar-refractivity contribution in [3.8, 4) is 0 Å². The summed E-state index contributed by atoms with van der Waals surface area (Å²) < 4.78 is 65.8. The van der Waals surface area contributed by atoms with Crippen LogP contribution in [0.4, 0.5) is 18.9 Å². The van der Waals surface area contributed by atoms with Gasteiger partial charge in [-0.2, -0.15) is 13.2 Å². The summed E-state index contributed by atoms with van der Waals surface area (Å²) in [5.41, 5.74) is -1.39. The fourth-order valence-corrected chi connectivity index (χ4v) is 5.00. The van der Waals surface area contributed by atoms with Crippen LogP contribution in [0, 0.1) is 5.92 Å². The predicted molar refractivity (Wildman–Crippen MR) is 143 cm³/mol. The zero-order valence-electron chi connectivity index (χ0n) is 20.9. The van der Waals surface area contributed by atoms with Crippen molar-refractivity contribution in [3.05, 3.63) is 62.6 Å². The Balaban J connectivity index is 2.54. The number of sulfonamides is 1. The number of hydrogen-bond donors (Lipinski definition) is 1. The summed E-state index contributed by atoms with van der Waals surface area (Å²) in [6.45, 7) is 4.28. The molecule has 0 radical (unpaired) electrons. The Morgan fingerprint density at radius 1 is 1.00 bits per heavy atom. The molecule has 1 N–H and O–H groups in total. The van der Waals surface area contributed by atoms with Crippen molar-refractivity contribution >= 4 is 62.3 Å². The minimum atomic E-state index is -4.79. The zero-order valence-corrected chi connectivity index (χ0v) is 24.0. The van der Waals surface area contributed by atoms with Crippen molar-refractivity contribution in [1.82, 2.24) is 10.2 Å². The molecule has 0 aromatic heterocycles. The zero-order chi connectivity index (χ0) is 29.0. The van der Waals surface area contributed by atoms with Gasteiger partial charge >= 0.3 is 6.18 Å². The number of carbonyl (C=O) groups is 2. The number of amides is 2. The average Bonchev–Trinajstić information content (AvgIpc) is 2.79. The van der Waals surface area contributed by atoms with Crippen LogP contribution in [0.1, 0.15) is 31.9 Å². The monoisotopic (exact) mass is 615 g/mol. The average molecular weight is 617 g/mol. The van der Waals surface area contributed by atoms with E-state index in [9.17, 15) is 31.2 Å². The Kier molecular flexibility index (Phi) is 10.7. The van der Waals surface area contributed by atoms with Crippen LogP contribution in [-0.4, -0.2) is 50.5 Å². The van der Waals surface area contributed by atoms with Gasteiger partial charge in [0.25, 0.3) is 0 Å². The van der Waals surface area contributed by atoms with Gasteiger partial charge in [0.1, 0.15) is 12.6 Å². The highest BCUT2D eigenvalue weighted by Gasteiger charge is 2.35. The maximum Gasteiger partial charge on any atom is 0.416 e. The maximum atomic E-state index is 13.6. The second kappa shape index (κ2) is 12.8. The van der Waals surface area contributed by atoms with Gasteiger partial charge in [-0.25, -0.2) is 8.42 Å². The molecule has 0 bridgehead atoms. The smallest absolute Gasteiger partial charge is 0.354 e. The van der Waals surface area contributed by atoms with Gasteiger partial charge in [-0.05, 0) is 43.2 Å². The van der Waals surface area contributed by atoms with Gasteiger partial charge in [-0.15, -0.1) is 0 Å². The van der Waals surface area contributed by atoms with E-state index in [0.717, 1.165) is 17.2 Å². The Bertz CT molecular complexity index is 1270. The van der Waals surface area contributed by atoms with Crippen LogP contribution in [0.25, 0.3) is 0 Å². The number of nitrogens with one attached hydrogen (secondary N) is 1. The molecule has 0 saturated carbocycles. The third-order valence-corrected chi connectivity index (χ3v) is 7.62. The van der Waals surface area contributed by atoms with Crippen LogP contribution in [-0.2, 0) is 32.3 Å². The molecule has 0 aliphatic rings. The van der Waals surface area contributed by atoms with E-state index in [1.165, 1.54) is 19.1 Å². The number of hydrogen-bond acceptors (Lipinski definition) is 4. The van der Waals surface area contributed by atoms with E-state index in [2.05, 4.69) is 5.32 Å². The predicted octanol–water partition coefficient (Wildman–Crippen LogP) is 5.62. The van der Waals surface area contributed by atoms with Crippen LogP contribution >= 0.6 is 34.8 Å². The number of benzene rings is 2. The van der Waals surface area contributed by atoms with E-state index in [0.29, 0.717) is 28.5 Å². The SMILES string of the molecule is CC(C)CNC(=O)[C@H](C)N(Cc1c(Cl)cccc1Cl)C(=O)CN(c1cc(C(F)(F)F)ccc1Cl)S(C)(=O)=O. The van der Waals surface area contributed by atoms with Crippen molar-refractivity contribution < 1.29 is 31.2 Å². The van der Waals surface area contributed by atoms with Gasteiger partial charge in [0.05, 0.1) is 22.5 Å². The molecular formula is C24H27Cl3F3N3O4S. The summed E-state index contributed by atoms with van der Waals surface area (Å²) in [6.07, 6.45) is -4.06. The van der Waals surface area contributed by atoms with E-state index in [4.69, 9.17) is 34.8 Å². The van der Waals surface area contributed by atoms with Crippen LogP contribution in [0.15, 0.2) is 36.4 Å². The fourth-order valence-electron chi connectivity index (χ4n) is 3.36. The molecule has 38 heavy (non-hydrogen) atoms. The first-order valence-corrected chi connectivity index (χ1v) is 14.3. The fraction of sp³-hybridized carbons (Fsp3) is 0.417. The molecule has 0 unspecified atom stereocenters. The van der Waals surface area contributed by atoms with E-state index in [1.807, 2.05) is 13.8 Å². The Hall–Kier alpha value is -2.21. The lowest BCUT2D eigenvalue weighted by Gasteiger charge is -2.32. The first kappa shape index (κ1) is 32.0. The molecule has 0 heterocycles. The normalized spacial score (nSPS) is 12.8. The van der Waals surface area contributed by atoms with Gasteiger partial charge in [-0.1, -0.05) is 54.7 Å². The third kappa shape index (κ3) is 8.39. The topological polar surface area (TPSA) is 86.8 Å². The minimum absolute atomic E-state index is 0.108. The highest BCUT2D eigenvalue weighted by molar-refractivity contribution is 7.92. The summed E-state index contributed by atoms with van der Waals surface area (Å²) in [4.78, 5) is 27.5. The molecule has 210 valence electrons. The molecule has 2 amide bonds. The third-order valence-electron chi connectivity index (χ3n) is 5.46. The first-order chi connectivity index (χ1) is 17.4. The quantitative estimate of drug-likeness (QED) is 0.376. The number of nitrogens with zero attached hydrogens (tertiary/aromatic N) is 2. The molecule has 0 fully saturated rings. The number of carbonyl (C=O) groups excluding carboxylic acids is 2. The number of halogens is 6. The molecule has 0 aliphatic carbocycles. The summed E-state index contributed by atoms with van der Waals surface area (Å²) in [6, 6.07) is 5.66. The Morgan fingerprint density at radius 3 is 2.08 bits per heavy atom. The summed E-state index contributed by atoms with van der Waals surface area (Å²) >= 11 is 18.6. The largest absolute Gasteiger partial charge is 0.416 e. The Morgan fingerprint density at radius 2 is 1.58 bits per heavy atom. The molecule has 0 saturated heterocycles. The lowest BCUT2D eigenvalue weighted by Crippen LogP contribution is -2.51. The van der Waals surface area contributed by atoms with Gasteiger partial charge in [0, 0.05) is 28.7 Å². The van der Waals surface area contributed by atoms with E-state index < -0.39 is 51.9 Å². The van der Waals surface area contributed by atoms with Gasteiger partial charge in [-0.3, -0.25) is 13.9 Å². The van der Waals surface area contributed by atoms with Crippen LogP contribution in [0.3, 0.4) is 0 Å². The lowest BCUT2D eigenvalue weighted by molar-refractivity contribution is -0.139. The van der Waals surface area contributed by atoms with Crippen LogP contribution in [0.2, 0.25) is 15.1 Å². The van der Waals surface area contributed by atoms with Crippen LogP contribution < -0.4 is 9.62 Å². The van der Waals surface area contributed by atoms with Gasteiger partial charge in [0.15, 0.2) is 0 Å². The standard InChI is InChI=1S/C24H27Cl3F3N3O4S/c1-14(2)11-31-23(35)15(3)32(12-17-18(25)6-5-7-19(17)26)22(34)13-33(38(4,36)37)21-10-16(24(28,29)30)8-9-20(21)27/h5-10,14-15H,11-13H2,1-4H3,(H,31,35)/t15-/m0/s1. The summed E-state index contributed by atoms with van der Waals surface area (Å²) in [5, 5.41) is 2.78. The molecule has 0 spiro atoms. The molecule has 2 aromatic rings. The second-order valence-electron chi connectivity index (χ2n) is 8.97. The van der Waals surface area contributed by atoms with Crippen LogP contribution in [0.5, 0.6) is 0 Å². The molecule has 14 heteroatoms. The van der Waals surface area contributed by atoms with Crippen molar-refractivity contribution in [3.63, 3.8) is 0 Å². The molecule has 0 aliphatic heterocycles. The number of rotatable bonds is 10. The molecule has 7 nitrogen and oxygen atoms in total. The van der Waals surface area contributed by atoms with E-state index in [1.54, 1.807) is 6.07 Å². The first-order valence-electron chi connectivity index (χ1n) is 11.3. The van der Waals surface area contributed by atoms with Crippen molar-refractivity contribution in [2.75, 3.05) is 23.7 Å². The maximum absolute atomic E-state index is 13.6. The van der Waals surface area contributed by atoms with Gasteiger partial charge < -0.3 is 10.2 Å². The molecular weight excluding hydrogens is 590 g/mol.